The fourth-order valence-corrected chi connectivity index (χ4v) is 3.17. The van der Waals surface area contributed by atoms with Crippen molar-refractivity contribution < 1.29 is 4.74 Å². The van der Waals surface area contributed by atoms with E-state index in [0.717, 1.165) is 35.4 Å². The fraction of sp³-hybridized carbons (Fsp3) is 0.182. The summed E-state index contributed by atoms with van der Waals surface area (Å²) < 4.78 is 5.93. The monoisotopic (exact) mass is 341 g/mol. The average molecular weight is 341 g/mol. The van der Waals surface area contributed by atoms with Gasteiger partial charge in [-0.2, -0.15) is 4.98 Å². The number of benzene rings is 2. The molecule has 0 atom stereocenters. The number of fused-ring (bicyclic) bond motifs is 1. The van der Waals surface area contributed by atoms with E-state index in [1.807, 2.05) is 25.1 Å². The van der Waals surface area contributed by atoms with Gasteiger partial charge in [-0.05, 0) is 55.2 Å². The maximum Gasteiger partial charge on any atom is 0.119 e. The number of hydrogen-bond donors (Lipinski definition) is 1. The van der Waals surface area contributed by atoms with Gasteiger partial charge in [-0.15, -0.1) is 0 Å². The zero-order valence-corrected chi connectivity index (χ0v) is 14.6. The van der Waals surface area contributed by atoms with Gasteiger partial charge < -0.3 is 9.72 Å². The lowest BCUT2D eigenvalue weighted by molar-refractivity contribution is 0.311. The first-order valence-corrected chi connectivity index (χ1v) is 8.71. The molecule has 128 valence electrons. The lowest BCUT2D eigenvalue weighted by Gasteiger charge is -2.09. The predicted octanol–water partition coefficient (Wildman–Crippen LogP) is 4.55. The van der Waals surface area contributed by atoms with Crippen molar-refractivity contribution in [3.8, 4) is 17.0 Å². The summed E-state index contributed by atoms with van der Waals surface area (Å²) in [6, 6.07) is 14.4. The van der Waals surface area contributed by atoms with Gasteiger partial charge in [-0.1, -0.05) is 18.2 Å². The number of aryl methyl sites for hydroxylation is 2. The predicted molar refractivity (Wildman–Crippen MR) is 102 cm³/mol. The number of para-hydroxylation sites is 1. The van der Waals surface area contributed by atoms with Gasteiger partial charge in [-0.3, -0.25) is 0 Å². The van der Waals surface area contributed by atoms with E-state index in [4.69, 9.17) is 4.74 Å². The highest BCUT2D eigenvalue weighted by molar-refractivity contribution is 5.83. The number of aromatic amines is 1. The molecule has 2 aromatic carbocycles. The molecule has 26 heavy (non-hydrogen) atoms. The summed E-state index contributed by atoms with van der Waals surface area (Å²) in [5.41, 5.74) is 5.47. The third-order valence-electron chi connectivity index (χ3n) is 4.49. The Morgan fingerprint density at radius 2 is 2.04 bits per heavy atom. The van der Waals surface area contributed by atoms with E-state index in [1.165, 1.54) is 16.5 Å². The largest absolute Gasteiger partial charge is 0.494 e. The molecular weight excluding hydrogens is 322 g/mol. The van der Waals surface area contributed by atoms with Crippen LogP contribution in [0.1, 0.15) is 17.5 Å². The molecule has 0 amide bonds. The molecule has 0 bridgehead atoms. The smallest absolute Gasteiger partial charge is 0.119 e. The lowest BCUT2D eigenvalue weighted by atomic mass is 10.1. The number of nitrogens with zero attached hydrogens (tertiary/aromatic N) is 2. The number of H-pyrrole nitrogens is 1. The molecule has 0 saturated heterocycles. The van der Waals surface area contributed by atoms with Gasteiger partial charge in [0, 0.05) is 22.7 Å². The maximum atomic E-state index is 5.93. The molecular formula is C22H19N3O. The molecule has 0 aliphatic carbocycles. The molecule has 2 aromatic heterocycles. The van der Waals surface area contributed by atoms with Crippen LogP contribution in [0.5, 0.6) is 5.75 Å². The molecule has 0 aliphatic heterocycles. The molecule has 0 unspecified atom stereocenters. The summed E-state index contributed by atoms with van der Waals surface area (Å²) in [7, 11) is 0. The van der Waals surface area contributed by atoms with Gasteiger partial charge in [0.15, 0.2) is 0 Å². The fourth-order valence-electron chi connectivity index (χ4n) is 3.17. The van der Waals surface area contributed by atoms with Crippen molar-refractivity contribution in [2.75, 3.05) is 6.61 Å². The average Bonchev–Trinajstić information content (AvgIpc) is 3.09. The van der Waals surface area contributed by atoms with Crippen LogP contribution in [-0.4, -0.2) is 21.6 Å². The molecule has 1 N–H and O–H groups in total. The minimum absolute atomic E-state index is 0.687. The highest BCUT2D eigenvalue weighted by Crippen LogP contribution is 2.25. The summed E-state index contributed by atoms with van der Waals surface area (Å²) in [5, 5.41) is 1.30. The Morgan fingerprint density at radius 1 is 1.12 bits per heavy atom. The van der Waals surface area contributed by atoms with Crippen molar-refractivity contribution in [1.29, 1.82) is 0 Å². The number of hydrogen-bond acceptors (Lipinski definition) is 3. The zero-order valence-electron chi connectivity index (χ0n) is 14.6. The van der Waals surface area contributed by atoms with Crippen LogP contribution in [-0.2, 0) is 6.42 Å². The van der Waals surface area contributed by atoms with Crippen LogP contribution in [0.3, 0.4) is 0 Å². The van der Waals surface area contributed by atoms with Crippen molar-refractivity contribution in [3.05, 3.63) is 78.4 Å². The summed E-state index contributed by atoms with van der Waals surface area (Å²) in [4.78, 5) is 11.5. The highest BCUT2D eigenvalue weighted by Gasteiger charge is 2.06. The molecule has 0 spiro atoms. The Balaban J connectivity index is 1.36. The first-order valence-electron chi connectivity index (χ1n) is 8.71. The normalized spacial score (nSPS) is 10.7. The lowest BCUT2D eigenvalue weighted by Crippen LogP contribution is -2.00. The van der Waals surface area contributed by atoms with Gasteiger partial charge >= 0.3 is 0 Å². The van der Waals surface area contributed by atoms with E-state index in [1.54, 1.807) is 6.20 Å². The number of ether oxygens (including phenoxy) is 1. The van der Waals surface area contributed by atoms with Gasteiger partial charge in [0.1, 0.15) is 11.4 Å². The topological polar surface area (TPSA) is 50.8 Å². The van der Waals surface area contributed by atoms with Gasteiger partial charge in [0.05, 0.1) is 25.2 Å². The Bertz CT molecular complexity index is 1010. The molecule has 0 radical (unpaired) electrons. The second-order valence-electron chi connectivity index (χ2n) is 6.27. The van der Waals surface area contributed by atoms with Gasteiger partial charge in [0.25, 0.3) is 0 Å². The minimum Gasteiger partial charge on any atom is -0.494 e. The summed E-state index contributed by atoms with van der Waals surface area (Å²) in [6.45, 7) is 2.73. The molecule has 4 nitrogen and oxygen atoms in total. The summed E-state index contributed by atoms with van der Waals surface area (Å²) in [5.74, 6) is 0.879. The van der Waals surface area contributed by atoms with E-state index < -0.39 is 0 Å². The van der Waals surface area contributed by atoms with E-state index >= 15 is 0 Å². The molecule has 0 fully saturated rings. The van der Waals surface area contributed by atoms with E-state index in [-0.39, 0.29) is 0 Å². The van der Waals surface area contributed by atoms with Crippen LogP contribution in [0, 0.1) is 19.3 Å². The molecule has 4 heteroatoms. The number of nitrogens with one attached hydrogen (secondary N) is 1. The van der Waals surface area contributed by atoms with Gasteiger partial charge in [0.2, 0.25) is 0 Å². The number of aromatic nitrogens is 3. The van der Waals surface area contributed by atoms with Crippen LogP contribution < -0.4 is 4.74 Å². The third kappa shape index (κ3) is 3.38. The zero-order chi connectivity index (χ0) is 17.8. The van der Waals surface area contributed by atoms with Crippen LogP contribution in [0.25, 0.3) is 22.2 Å². The SMILES string of the molecule is Cc1cc(OCCCc2c[nH]c3ccccc23)ccc1-c1cnc#cn1. The summed E-state index contributed by atoms with van der Waals surface area (Å²) >= 11 is 0. The third-order valence-corrected chi connectivity index (χ3v) is 4.49. The molecule has 0 saturated carbocycles. The van der Waals surface area contributed by atoms with E-state index in [9.17, 15) is 0 Å². The Hall–Kier alpha value is -3.32. The highest BCUT2D eigenvalue weighted by atomic mass is 16.5. The van der Waals surface area contributed by atoms with E-state index in [0.29, 0.717) is 6.61 Å². The van der Waals surface area contributed by atoms with Crippen LogP contribution in [0.2, 0.25) is 0 Å². The van der Waals surface area contributed by atoms with Crippen LogP contribution in [0.15, 0.2) is 54.9 Å². The molecule has 4 aromatic rings. The van der Waals surface area contributed by atoms with Crippen molar-refractivity contribution in [2.24, 2.45) is 0 Å². The Morgan fingerprint density at radius 3 is 2.88 bits per heavy atom. The second kappa shape index (κ2) is 7.28. The van der Waals surface area contributed by atoms with Crippen molar-refractivity contribution >= 4 is 10.9 Å². The number of rotatable bonds is 6. The quantitative estimate of drug-likeness (QED) is 0.524. The Labute approximate surface area is 152 Å². The molecule has 4 rings (SSSR count). The first kappa shape index (κ1) is 16.2. The van der Waals surface area contributed by atoms with Crippen LogP contribution in [0.4, 0.5) is 0 Å². The second-order valence-corrected chi connectivity index (χ2v) is 6.27. The Kier molecular flexibility index (Phi) is 4.53. The van der Waals surface area contributed by atoms with Crippen molar-refractivity contribution in [3.63, 3.8) is 0 Å². The summed E-state index contributed by atoms with van der Waals surface area (Å²) in [6.07, 6.45) is 11.0. The van der Waals surface area contributed by atoms with Crippen LogP contribution >= 0.6 is 0 Å². The molecule has 0 aliphatic rings. The minimum atomic E-state index is 0.687. The maximum absolute atomic E-state index is 5.93. The van der Waals surface area contributed by atoms with E-state index in [2.05, 4.69) is 57.8 Å². The standard InChI is InChI=1S/C22H19N3O/c1-16-13-18(8-9-19(16)22-15-23-10-11-24-22)26-12-4-5-17-14-25-21-7-3-2-6-20(17)21/h2-3,6-9,13-15,25H,4-5,12H2,1H3. The van der Waals surface area contributed by atoms with Crippen molar-refractivity contribution in [1.82, 2.24) is 15.0 Å². The first-order chi connectivity index (χ1) is 12.8. The van der Waals surface area contributed by atoms with Gasteiger partial charge in [-0.25, -0.2) is 4.98 Å². The molecule has 2 heterocycles. The van der Waals surface area contributed by atoms with Crippen molar-refractivity contribution in [2.45, 2.75) is 19.8 Å².